The van der Waals surface area contributed by atoms with Crippen LogP contribution in [0, 0.1) is 24.4 Å². The van der Waals surface area contributed by atoms with E-state index >= 15 is 0 Å². The Kier molecular flexibility index (Phi) is 4.85. The van der Waals surface area contributed by atoms with Crippen molar-refractivity contribution in [3.05, 3.63) is 76.1 Å². The topological polar surface area (TPSA) is 42.0 Å². The summed E-state index contributed by atoms with van der Waals surface area (Å²) in [5, 5.41) is 2.68. The highest BCUT2D eigenvalue weighted by atomic mass is 32.1. The number of carbonyl (C=O) groups excluding carboxylic acids is 1. The van der Waals surface area contributed by atoms with E-state index in [1.165, 1.54) is 12.1 Å². The molecule has 0 spiro atoms. The number of aromatic nitrogens is 1. The van der Waals surface area contributed by atoms with E-state index in [9.17, 15) is 18.0 Å². The van der Waals surface area contributed by atoms with E-state index in [2.05, 4.69) is 10.3 Å². The zero-order chi connectivity index (χ0) is 18.0. The molecule has 0 saturated carbocycles. The zero-order valence-electron chi connectivity index (χ0n) is 13.1. The number of hydrogen-bond donors (Lipinski definition) is 1. The molecule has 1 heterocycles. The fraction of sp³-hybridized carbons (Fsp3) is 0.111. The molecular weight excluding hydrogens is 349 g/mol. The first kappa shape index (κ1) is 17.2. The van der Waals surface area contributed by atoms with Crippen molar-refractivity contribution < 1.29 is 18.0 Å². The molecule has 0 bridgehead atoms. The van der Waals surface area contributed by atoms with Crippen LogP contribution in [0.25, 0.3) is 10.6 Å². The van der Waals surface area contributed by atoms with Crippen LogP contribution in [0.5, 0.6) is 0 Å². The molecule has 0 saturated heterocycles. The monoisotopic (exact) mass is 362 g/mol. The normalized spacial score (nSPS) is 10.7. The van der Waals surface area contributed by atoms with Gasteiger partial charge in [0, 0.05) is 12.1 Å². The number of hydrogen-bond acceptors (Lipinski definition) is 3. The molecule has 0 unspecified atom stereocenters. The van der Waals surface area contributed by atoms with Crippen LogP contribution < -0.4 is 5.32 Å². The van der Waals surface area contributed by atoms with E-state index < -0.39 is 23.4 Å². The van der Waals surface area contributed by atoms with Gasteiger partial charge >= 0.3 is 0 Å². The van der Waals surface area contributed by atoms with Gasteiger partial charge in [-0.3, -0.25) is 4.79 Å². The summed E-state index contributed by atoms with van der Waals surface area (Å²) < 4.78 is 41.3. The van der Waals surface area contributed by atoms with Gasteiger partial charge in [0.15, 0.2) is 0 Å². The van der Waals surface area contributed by atoms with Gasteiger partial charge in [0.1, 0.15) is 27.3 Å². The first-order valence-electron chi connectivity index (χ1n) is 7.41. The van der Waals surface area contributed by atoms with Gasteiger partial charge in [-0.25, -0.2) is 18.2 Å². The highest BCUT2D eigenvalue weighted by Crippen LogP contribution is 2.31. The summed E-state index contributed by atoms with van der Waals surface area (Å²) in [7, 11) is 0. The lowest BCUT2D eigenvalue weighted by molar-refractivity contribution is 0.0954. The highest BCUT2D eigenvalue weighted by Gasteiger charge is 2.20. The zero-order valence-corrected chi connectivity index (χ0v) is 14.0. The van der Waals surface area contributed by atoms with Crippen molar-refractivity contribution in [2.24, 2.45) is 0 Å². The summed E-state index contributed by atoms with van der Waals surface area (Å²) in [6.45, 7) is 1.59. The third kappa shape index (κ3) is 3.56. The molecule has 2 aromatic carbocycles. The van der Waals surface area contributed by atoms with Crippen LogP contribution in [0.15, 0.2) is 42.5 Å². The summed E-state index contributed by atoms with van der Waals surface area (Å²) in [5.74, 6) is -2.38. The minimum Gasteiger partial charge on any atom is -0.347 e. The van der Waals surface area contributed by atoms with E-state index in [1.807, 2.05) is 0 Å². The third-order valence-corrected chi connectivity index (χ3v) is 4.75. The van der Waals surface area contributed by atoms with Gasteiger partial charge in [-0.15, -0.1) is 11.3 Å². The highest BCUT2D eigenvalue weighted by molar-refractivity contribution is 7.17. The number of nitrogens with one attached hydrogen (secondary N) is 1. The molecule has 0 fully saturated rings. The van der Waals surface area contributed by atoms with Crippen molar-refractivity contribution in [3.8, 4) is 10.6 Å². The van der Waals surface area contributed by atoms with Crippen LogP contribution in [0.3, 0.4) is 0 Å². The number of thiazole rings is 1. The van der Waals surface area contributed by atoms with Crippen molar-refractivity contribution in [3.63, 3.8) is 0 Å². The van der Waals surface area contributed by atoms with E-state index in [0.29, 0.717) is 11.3 Å². The Bertz CT molecular complexity index is 920. The summed E-state index contributed by atoms with van der Waals surface area (Å²) >= 11 is 0.891. The fourth-order valence-corrected chi connectivity index (χ4v) is 3.34. The first-order chi connectivity index (χ1) is 12.0. The van der Waals surface area contributed by atoms with Gasteiger partial charge in [-0.2, -0.15) is 0 Å². The fourth-order valence-electron chi connectivity index (χ4n) is 2.31. The Labute approximate surface area is 146 Å². The largest absolute Gasteiger partial charge is 0.347 e. The summed E-state index contributed by atoms with van der Waals surface area (Å²) in [6, 6.07) is 9.62. The molecule has 3 rings (SSSR count). The number of nitrogens with zero attached hydrogens (tertiary/aromatic N) is 1. The maximum absolute atomic E-state index is 13.9. The molecule has 3 aromatic rings. The van der Waals surface area contributed by atoms with Gasteiger partial charge in [-0.05, 0) is 25.1 Å². The molecule has 0 atom stereocenters. The van der Waals surface area contributed by atoms with Crippen molar-refractivity contribution in [2.75, 3.05) is 0 Å². The number of aryl methyl sites for hydroxylation is 1. The van der Waals surface area contributed by atoms with Crippen LogP contribution >= 0.6 is 11.3 Å². The maximum Gasteiger partial charge on any atom is 0.263 e. The molecule has 25 heavy (non-hydrogen) atoms. The predicted molar refractivity (Wildman–Crippen MR) is 89.8 cm³/mol. The van der Waals surface area contributed by atoms with Gasteiger partial charge in [0.05, 0.1) is 11.3 Å². The van der Waals surface area contributed by atoms with Crippen LogP contribution in [0.2, 0.25) is 0 Å². The predicted octanol–water partition coefficient (Wildman–Crippen LogP) is 4.47. The Hall–Kier alpha value is -2.67. The Morgan fingerprint density at radius 3 is 2.36 bits per heavy atom. The number of benzene rings is 2. The maximum atomic E-state index is 13.9. The average Bonchev–Trinajstić information content (AvgIpc) is 2.95. The quantitative estimate of drug-likeness (QED) is 0.744. The van der Waals surface area contributed by atoms with E-state index in [-0.39, 0.29) is 22.0 Å². The SMILES string of the molecule is Cc1nc(-c2c(F)cccc2F)sc1C(=O)NCc1ccccc1F. The van der Waals surface area contributed by atoms with E-state index in [1.54, 1.807) is 25.1 Å². The number of amides is 1. The molecule has 7 heteroatoms. The van der Waals surface area contributed by atoms with Gasteiger partial charge in [-0.1, -0.05) is 24.3 Å². The minimum atomic E-state index is -0.743. The third-order valence-electron chi connectivity index (χ3n) is 3.58. The van der Waals surface area contributed by atoms with E-state index in [0.717, 1.165) is 23.5 Å². The van der Waals surface area contributed by atoms with Crippen molar-refractivity contribution in [2.45, 2.75) is 13.5 Å². The van der Waals surface area contributed by atoms with Crippen molar-refractivity contribution >= 4 is 17.2 Å². The molecular formula is C18H13F3N2OS. The van der Waals surface area contributed by atoms with Crippen LogP contribution in [-0.2, 0) is 6.54 Å². The second kappa shape index (κ2) is 7.06. The van der Waals surface area contributed by atoms with Gasteiger partial charge in [0.2, 0.25) is 0 Å². The number of rotatable bonds is 4. The van der Waals surface area contributed by atoms with Crippen LogP contribution in [0.1, 0.15) is 20.9 Å². The molecule has 0 aliphatic carbocycles. The van der Waals surface area contributed by atoms with Gasteiger partial charge < -0.3 is 5.32 Å². The lowest BCUT2D eigenvalue weighted by Gasteiger charge is -2.05. The molecule has 1 aromatic heterocycles. The molecule has 0 aliphatic rings. The molecule has 1 N–H and O–H groups in total. The Balaban J connectivity index is 1.83. The summed E-state index contributed by atoms with van der Waals surface area (Å²) in [4.78, 5) is 16.6. The second-order valence-electron chi connectivity index (χ2n) is 5.30. The summed E-state index contributed by atoms with van der Waals surface area (Å²) in [6.07, 6.45) is 0. The lowest BCUT2D eigenvalue weighted by Crippen LogP contribution is -2.23. The number of carbonyl (C=O) groups is 1. The minimum absolute atomic E-state index is 0.00619. The molecule has 128 valence electrons. The first-order valence-corrected chi connectivity index (χ1v) is 8.22. The van der Waals surface area contributed by atoms with E-state index in [4.69, 9.17) is 0 Å². The molecule has 0 aliphatic heterocycles. The van der Waals surface area contributed by atoms with Gasteiger partial charge in [0.25, 0.3) is 5.91 Å². The lowest BCUT2D eigenvalue weighted by atomic mass is 10.2. The second-order valence-corrected chi connectivity index (χ2v) is 6.30. The molecule has 1 amide bonds. The Morgan fingerprint density at radius 2 is 1.68 bits per heavy atom. The number of halogens is 3. The standard InChI is InChI=1S/C18H13F3N2OS/c1-10-16(17(24)22-9-11-5-2-3-6-12(11)19)25-18(23-10)15-13(20)7-4-8-14(15)21/h2-8H,9H2,1H3,(H,22,24). The molecule has 0 radical (unpaired) electrons. The average molecular weight is 362 g/mol. The van der Waals surface area contributed by atoms with Crippen LogP contribution in [-0.4, -0.2) is 10.9 Å². The van der Waals surface area contributed by atoms with Crippen LogP contribution in [0.4, 0.5) is 13.2 Å². The Morgan fingerprint density at radius 1 is 1.04 bits per heavy atom. The summed E-state index contributed by atoms with van der Waals surface area (Å²) in [5.41, 5.74) is 0.441. The van der Waals surface area contributed by atoms with Crippen molar-refractivity contribution in [1.29, 1.82) is 0 Å². The molecule has 3 nitrogen and oxygen atoms in total. The van der Waals surface area contributed by atoms with Crippen molar-refractivity contribution in [1.82, 2.24) is 10.3 Å². The smallest absolute Gasteiger partial charge is 0.263 e.